The fourth-order valence-corrected chi connectivity index (χ4v) is 3.01. The number of rotatable bonds is 5. The Hall–Kier alpha value is -3.39. The predicted molar refractivity (Wildman–Crippen MR) is 109 cm³/mol. The van der Waals surface area contributed by atoms with Crippen molar-refractivity contribution >= 4 is 40.9 Å². The second-order valence-corrected chi connectivity index (χ2v) is 6.16. The normalized spacial score (nSPS) is 15.5. The number of carbonyl (C=O) groups is 2. The molecule has 1 heterocycles. The summed E-state index contributed by atoms with van der Waals surface area (Å²) in [6.45, 7) is 0. The Bertz CT molecular complexity index is 969. The molecule has 1 aliphatic rings. The summed E-state index contributed by atoms with van der Waals surface area (Å²) in [5.74, 6) is 0.598. The lowest BCUT2D eigenvalue weighted by molar-refractivity contribution is -0.122. The van der Waals surface area contributed by atoms with E-state index in [2.05, 4.69) is 5.32 Å². The first kappa shape index (κ1) is 19.4. The molecular weight excluding hydrogens is 380 g/mol. The molecule has 2 aromatic carbocycles. The van der Waals surface area contributed by atoms with E-state index in [0.717, 1.165) is 0 Å². The van der Waals surface area contributed by atoms with Gasteiger partial charge in [0.2, 0.25) is 0 Å². The molecule has 0 aromatic heterocycles. The minimum atomic E-state index is -0.561. The molecule has 2 amide bonds. The van der Waals surface area contributed by atoms with E-state index in [1.54, 1.807) is 49.6 Å². The maximum atomic E-state index is 13.0. The summed E-state index contributed by atoms with van der Waals surface area (Å²) < 4.78 is 15.6. The monoisotopic (exact) mass is 398 g/mol. The zero-order valence-corrected chi connectivity index (χ0v) is 16.3. The number of ether oxygens (including phenoxy) is 3. The van der Waals surface area contributed by atoms with Gasteiger partial charge in [-0.05, 0) is 60.3 Å². The smallest absolute Gasteiger partial charge is 0.270 e. The van der Waals surface area contributed by atoms with Crippen LogP contribution < -0.4 is 24.4 Å². The number of amides is 2. The highest BCUT2D eigenvalue weighted by Gasteiger charge is 2.34. The summed E-state index contributed by atoms with van der Waals surface area (Å²) in [5, 5.41) is 2.57. The average Bonchev–Trinajstić information content (AvgIpc) is 2.71. The number of benzene rings is 2. The molecule has 1 fully saturated rings. The average molecular weight is 398 g/mol. The topological polar surface area (TPSA) is 77.1 Å². The Labute approximate surface area is 167 Å². The van der Waals surface area contributed by atoms with E-state index in [1.165, 1.54) is 25.2 Å². The Morgan fingerprint density at radius 1 is 0.929 bits per heavy atom. The van der Waals surface area contributed by atoms with Gasteiger partial charge in [-0.15, -0.1) is 0 Å². The first-order valence-corrected chi connectivity index (χ1v) is 8.67. The highest BCUT2D eigenvalue weighted by atomic mass is 32.1. The van der Waals surface area contributed by atoms with Gasteiger partial charge in [0.15, 0.2) is 16.6 Å². The largest absolute Gasteiger partial charge is 0.497 e. The van der Waals surface area contributed by atoms with E-state index >= 15 is 0 Å². The van der Waals surface area contributed by atoms with Crippen LogP contribution >= 0.6 is 12.2 Å². The van der Waals surface area contributed by atoms with Crippen LogP contribution in [0.25, 0.3) is 6.08 Å². The van der Waals surface area contributed by atoms with Crippen molar-refractivity contribution in [1.82, 2.24) is 5.32 Å². The molecule has 1 saturated heterocycles. The van der Waals surface area contributed by atoms with Gasteiger partial charge in [0.05, 0.1) is 27.0 Å². The molecule has 0 radical (unpaired) electrons. The number of hydrogen-bond donors (Lipinski definition) is 1. The van der Waals surface area contributed by atoms with Crippen molar-refractivity contribution in [2.75, 3.05) is 26.2 Å². The number of thiocarbonyl (C=S) groups is 1. The summed E-state index contributed by atoms with van der Waals surface area (Å²) in [5.41, 5.74) is 1.09. The van der Waals surface area contributed by atoms with E-state index in [1.807, 2.05) is 0 Å². The lowest BCUT2D eigenvalue weighted by atomic mass is 10.1. The second-order valence-electron chi connectivity index (χ2n) is 5.77. The molecule has 0 bridgehead atoms. The second kappa shape index (κ2) is 8.10. The van der Waals surface area contributed by atoms with Crippen molar-refractivity contribution in [3.05, 3.63) is 53.6 Å². The maximum absolute atomic E-state index is 13.0. The Morgan fingerprint density at radius 3 is 2.21 bits per heavy atom. The lowest BCUT2D eigenvalue weighted by Gasteiger charge is -2.29. The fourth-order valence-electron chi connectivity index (χ4n) is 2.73. The molecule has 3 rings (SSSR count). The minimum absolute atomic E-state index is 0.0182. The van der Waals surface area contributed by atoms with E-state index in [9.17, 15) is 9.59 Å². The Morgan fingerprint density at radius 2 is 1.61 bits per heavy atom. The quantitative estimate of drug-likeness (QED) is 0.474. The standard InChI is InChI=1S/C20H18N2O5S/c1-25-14-7-5-13(6-8-14)22-19(24)15(18(23)21-20(22)28)10-12-4-9-16(26-2)17(11-12)27-3/h4-11H,1-3H3,(H,21,23,28)/b15-10+. The number of methoxy groups -OCH3 is 3. The Balaban J connectivity index is 1.98. The molecule has 28 heavy (non-hydrogen) atoms. The zero-order chi connectivity index (χ0) is 20.3. The van der Waals surface area contributed by atoms with E-state index < -0.39 is 11.8 Å². The summed E-state index contributed by atoms with van der Waals surface area (Å²) in [6, 6.07) is 11.9. The molecule has 0 unspecified atom stereocenters. The van der Waals surface area contributed by atoms with Crippen LogP contribution in [0.15, 0.2) is 48.0 Å². The van der Waals surface area contributed by atoms with Crippen LogP contribution in [0.1, 0.15) is 5.56 Å². The minimum Gasteiger partial charge on any atom is -0.497 e. The highest BCUT2D eigenvalue weighted by molar-refractivity contribution is 7.80. The van der Waals surface area contributed by atoms with Crippen molar-refractivity contribution in [1.29, 1.82) is 0 Å². The van der Waals surface area contributed by atoms with Crippen LogP contribution in [0.5, 0.6) is 17.2 Å². The van der Waals surface area contributed by atoms with Gasteiger partial charge >= 0.3 is 0 Å². The van der Waals surface area contributed by atoms with Crippen LogP contribution in [0.2, 0.25) is 0 Å². The first-order valence-electron chi connectivity index (χ1n) is 8.26. The number of carbonyl (C=O) groups excluding carboxylic acids is 2. The van der Waals surface area contributed by atoms with Gasteiger partial charge in [-0.1, -0.05) is 6.07 Å². The van der Waals surface area contributed by atoms with E-state index in [4.69, 9.17) is 26.4 Å². The molecule has 1 aliphatic heterocycles. The van der Waals surface area contributed by atoms with E-state index in [-0.39, 0.29) is 10.7 Å². The number of nitrogens with one attached hydrogen (secondary N) is 1. The Kier molecular flexibility index (Phi) is 5.60. The number of anilines is 1. The van der Waals surface area contributed by atoms with Crippen LogP contribution in [-0.4, -0.2) is 38.3 Å². The molecule has 8 heteroatoms. The summed E-state index contributed by atoms with van der Waals surface area (Å²) in [4.78, 5) is 26.7. The molecule has 0 atom stereocenters. The van der Waals surface area contributed by atoms with Crippen LogP contribution in [0.4, 0.5) is 5.69 Å². The molecule has 0 saturated carbocycles. The third kappa shape index (κ3) is 3.67. The number of nitrogens with zero attached hydrogens (tertiary/aromatic N) is 1. The summed E-state index contributed by atoms with van der Waals surface area (Å²) in [6.07, 6.45) is 1.48. The van der Waals surface area contributed by atoms with Crippen molar-refractivity contribution in [3.63, 3.8) is 0 Å². The summed E-state index contributed by atoms with van der Waals surface area (Å²) >= 11 is 5.19. The van der Waals surface area contributed by atoms with Gasteiger partial charge < -0.3 is 14.2 Å². The molecule has 0 aliphatic carbocycles. The van der Waals surface area contributed by atoms with Gasteiger partial charge in [-0.2, -0.15) is 0 Å². The highest BCUT2D eigenvalue weighted by Crippen LogP contribution is 2.29. The third-order valence-corrected chi connectivity index (χ3v) is 4.44. The molecular formula is C20H18N2O5S. The molecule has 7 nitrogen and oxygen atoms in total. The van der Waals surface area contributed by atoms with Gasteiger partial charge in [-0.3, -0.25) is 19.8 Å². The lowest BCUT2D eigenvalue weighted by Crippen LogP contribution is -2.54. The van der Waals surface area contributed by atoms with Crippen LogP contribution in [-0.2, 0) is 9.59 Å². The SMILES string of the molecule is COc1ccc(N2C(=O)/C(=C/c3ccc(OC)c(OC)c3)C(=O)NC2=S)cc1. The van der Waals surface area contributed by atoms with Crippen LogP contribution in [0, 0.1) is 0 Å². The third-order valence-electron chi connectivity index (χ3n) is 4.15. The van der Waals surface area contributed by atoms with Gasteiger partial charge in [0.25, 0.3) is 11.8 Å². The van der Waals surface area contributed by atoms with E-state index in [0.29, 0.717) is 28.5 Å². The molecule has 144 valence electrons. The molecule has 0 spiro atoms. The number of hydrogen-bond acceptors (Lipinski definition) is 6. The first-order chi connectivity index (χ1) is 13.5. The predicted octanol–water partition coefficient (Wildman–Crippen LogP) is 2.54. The van der Waals surface area contributed by atoms with Crippen molar-refractivity contribution in [2.45, 2.75) is 0 Å². The van der Waals surface area contributed by atoms with Gasteiger partial charge in [0, 0.05) is 0 Å². The van der Waals surface area contributed by atoms with Crippen molar-refractivity contribution in [2.24, 2.45) is 0 Å². The zero-order valence-electron chi connectivity index (χ0n) is 15.5. The summed E-state index contributed by atoms with van der Waals surface area (Å²) in [7, 11) is 4.59. The van der Waals surface area contributed by atoms with Crippen molar-refractivity contribution < 1.29 is 23.8 Å². The maximum Gasteiger partial charge on any atom is 0.270 e. The van der Waals surface area contributed by atoms with Crippen LogP contribution in [0.3, 0.4) is 0 Å². The van der Waals surface area contributed by atoms with Gasteiger partial charge in [0.1, 0.15) is 11.3 Å². The van der Waals surface area contributed by atoms with Crippen molar-refractivity contribution in [3.8, 4) is 17.2 Å². The van der Waals surface area contributed by atoms with Gasteiger partial charge in [-0.25, -0.2) is 0 Å². The fraction of sp³-hybridized carbons (Fsp3) is 0.150. The molecule has 2 aromatic rings. The molecule has 1 N–H and O–H groups in total.